The number of aromatic nitrogens is 3. The maximum atomic E-state index is 12.7. The van der Waals surface area contributed by atoms with Gasteiger partial charge in [-0.2, -0.15) is 5.10 Å². The topological polar surface area (TPSA) is 96.4 Å². The Morgan fingerprint density at radius 3 is 2.85 bits per heavy atom. The number of carbonyl (C=O) groups excluding carboxylic acids is 1. The smallest absolute Gasteiger partial charge is 0.323 e. The van der Waals surface area contributed by atoms with Gasteiger partial charge in [-0.3, -0.25) is 10.00 Å². The lowest BCUT2D eigenvalue weighted by molar-refractivity contribution is 0.206. The molecule has 27 heavy (non-hydrogen) atoms. The molecule has 2 amide bonds. The van der Waals surface area contributed by atoms with E-state index in [1.807, 2.05) is 19.3 Å². The minimum Gasteiger partial charge on any atom is -0.396 e. The van der Waals surface area contributed by atoms with Gasteiger partial charge in [-0.05, 0) is 18.4 Å². The molecule has 3 heterocycles. The zero-order valence-corrected chi connectivity index (χ0v) is 15.9. The Hall–Kier alpha value is -2.35. The Morgan fingerprint density at radius 1 is 1.41 bits per heavy atom. The molecule has 2 aromatic heterocycles. The lowest BCUT2D eigenvalue weighted by atomic mass is 9.86. The molecule has 8 heteroatoms. The van der Waals surface area contributed by atoms with Gasteiger partial charge in [0.25, 0.3) is 0 Å². The first-order valence-corrected chi connectivity index (χ1v) is 9.61. The quantitative estimate of drug-likeness (QED) is 0.858. The Labute approximate surface area is 158 Å². The van der Waals surface area contributed by atoms with Gasteiger partial charge in [0.15, 0.2) is 5.82 Å². The summed E-state index contributed by atoms with van der Waals surface area (Å²) in [6, 6.07) is 1.64. The van der Waals surface area contributed by atoms with Crippen LogP contribution in [0.15, 0.2) is 23.0 Å². The van der Waals surface area contributed by atoms with E-state index in [2.05, 4.69) is 22.5 Å². The van der Waals surface area contributed by atoms with Crippen molar-refractivity contribution in [1.82, 2.24) is 19.8 Å². The van der Waals surface area contributed by atoms with Gasteiger partial charge in [0.05, 0.1) is 6.20 Å². The highest BCUT2D eigenvalue weighted by atomic mass is 16.5. The van der Waals surface area contributed by atoms with Crippen LogP contribution in [0.25, 0.3) is 0 Å². The second-order valence-corrected chi connectivity index (χ2v) is 8.18. The van der Waals surface area contributed by atoms with Crippen molar-refractivity contribution in [3.63, 3.8) is 0 Å². The van der Waals surface area contributed by atoms with Gasteiger partial charge in [0.2, 0.25) is 0 Å². The third kappa shape index (κ3) is 3.45. The van der Waals surface area contributed by atoms with E-state index in [0.717, 1.165) is 24.2 Å². The Bertz CT molecular complexity index is 808. The van der Waals surface area contributed by atoms with Crippen LogP contribution in [0.3, 0.4) is 0 Å². The molecular formula is C19H27N5O3. The van der Waals surface area contributed by atoms with Crippen LogP contribution < -0.4 is 5.32 Å². The number of hydrogen-bond acceptors (Lipinski definition) is 5. The van der Waals surface area contributed by atoms with Crippen LogP contribution in [0.5, 0.6) is 0 Å². The number of likely N-dealkylation sites (tertiary alicyclic amines) is 1. The van der Waals surface area contributed by atoms with Gasteiger partial charge in [0.1, 0.15) is 5.76 Å². The van der Waals surface area contributed by atoms with Gasteiger partial charge in [0, 0.05) is 56.3 Å². The van der Waals surface area contributed by atoms with Crippen LogP contribution in [0.1, 0.15) is 49.8 Å². The Morgan fingerprint density at radius 2 is 2.19 bits per heavy atom. The predicted molar refractivity (Wildman–Crippen MR) is 99.4 cm³/mol. The number of carbonyl (C=O) groups is 1. The summed E-state index contributed by atoms with van der Waals surface area (Å²) in [5.41, 5.74) is 1.07. The highest BCUT2D eigenvalue weighted by Crippen LogP contribution is 2.41. The number of nitrogens with one attached hydrogen (secondary N) is 1. The summed E-state index contributed by atoms with van der Waals surface area (Å²) in [5.74, 6) is 1.39. The number of rotatable bonds is 4. The van der Waals surface area contributed by atoms with E-state index >= 15 is 0 Å². The molecule has 2 atom stereocenters. The van der Waals surface area contributed by atoms with Crippen LogP contribution >= 0.6 is 0 Å². The molecule has 0 spiro atoms. The number of hydrogen-bond donors (Lipinski definition) is 2. The summed E-state index contributed by atoms with van der Waals surface area (Å²) in [5, 5.41) is 20.8. The van der Waals surface area contributed by atoms with Crippen molar-refractivity contribution in [2.75, 3.05) is 25.0 Å². The van der Waals surface area contributed by atoms with Crippen LogP contribution in [-0.2, 0) is 12.5 Å². The fourth-order valence-electron chi connectivity index (χ4n) is 4.44. The molecule has 2 aromatic rings. The van der Waals surface area contributed by atoms with Gasteiger partial charge in [-0.15, -0.1) is 0 Å². The Balaban J connectivity index is 1.42. The van der Waals surface area contributed by atoms with Crippen molar-refractivity contribution in [3.8, 4) is 0 Å². The van der Waals surface area contributed by atoms with Crippen LogP contribution in [0.2, 0.25) is 0 Å². The average molecular weight is 373 g/mol. The van der Waals surface area contributed by atoms with Crippen molar-refractivity contribution >= 4 is 11.8 Å². The molecule has 0 bridgehead atoms. The molecule has 0 radical (unpaired) electrons. The molecule has 1 saturated carbocycles. The Kier molecular flexibility index (Phi) is 4.67. The van der Waals surface area contributed by atoms with E-state index in [9.17, 15) is 9.90 Å². The van der Waals surface area contributed by atoms with Crippen molar-refractivity contribution in [2.24, 2.45) is 13.0 Å². The minimum absolute atomic E-state index is 0.00483. The molecule has 8 nitrogen and oxygen atoms in total. The maximum Gasteiger partial charge on any atom is 0.323 e. The lowest BCUT2D eigenvalue weighted by Crippen LogP contribution is -2.33. The second-order valence-electron chi connectivity index (χ2n) is 8.18. The molecule has 1 aliphatic carbocycles. The first-order valence-electron chi connectivity index (χ1n) is 9.61. The fourth-order valence-corrected chi connectivity index (χ4v) is 4.44. The van der Waals surface area contributed by atoms with Crippen molar-refractivity contribution < 1.29 is 14.4 Å². The first kappa shape index (κ1) is 18.0. The van der Waals surface area contributed by atoms with Gasteiger partial charge in [-0.1, -0.05) is 24.9 Å². The third-order valence-corrected chi connectivity index (χ3v) is 6.16. The van der Waals surface area contributed by atoms with Gasteiger partial charge >= 0.3 is 6.03 Å². The molecule has 1 saturated heterocycles. The number of amides is 2. The minimum atomic E-state index is -0.212. The van der Waals surface area contributed by atoms with Crippen LogP contribution in [-0.4, -0.2) is 50.7 Å². The molecule has 0 unspecified atom stereocenters. The number of nitrogens with zero attached hydrogens (tertiary/aromatic N) is 4. The second kappa shape index (κ2) is 6.99. The fraction of sp³-hybridized carbons (Fsp3) is 0.632. The number of urea groups is 1. The van der Waals surface area contributed by atoms with Gasteiger partial charge < -0.3 is 14.5 Å². The third-order valence-electron chi connectivity index (χ3n) is 6.16. The van der Waals surface area contributed by atoms with Crippen molar-refractivity contribution in [2.45, 2.75) is 43.9 Å². The van der Waals surface area contributed by atoms with Gasteiger partial charge in [-0.25, -0.2) is 4.79 Å². The van der Waals surface area contributed by atoms with E-state index in [1.54, 1.807) is 15.8 Å². The zero-order valence-electron chi connectivity index (χ0n) is 15.9. The summed E-state index contributed by atoms with van der Waals surface area (Å²) in [7, 11) is 1.86. The maximum absolute atomic E-state index is 12.7. The number of anilines is 1. The molecule has 2 fully saturated rings. The summed E-state index contributed by atoms with van der Waals surface area (Å²) in [6.07, 6.45) is 8.33. The lowest BCUT2D eigenvalue weighted by Gasteiger charge is -2.18. The van der Waals surface area contributed by atoms with Crippen LogP contribution in [0, 0.1) is 5.92 Å². The largest absolute Gasteiger partial charge is 0.396 e. The average Bonchev–Trinajstić information content (AvgIpc) is 3.40. The normalized spacial score (nSPS) is 24.5. The SMILES string of the molecule is Cn1cc([C@@H]2CN(C(=O)Nc3cc(C4(C)CCCC4)on3)C[C@H]2CO)cn1. The molecule has 2 aliphatic rings. The molecule has 4 rings (SSSR count). The van der Waals surface area contributed by atoms with E-state index in [0.29, 0.717) is 18.9 Å². The number of aryl methyl sites for hydroxylation is 1. The number of aliphatic hydroxyl groups excluding tert-OH is 1. The van der Waals surface area contributed by atoms with Crippen LogP contribution in [0.4, 0.5) is 10.6 Å². The predicted octanol–water partition coefficient (Wildman–Crippen LogP) is 2.48. The molecule has 0 aromatic carbocycles. The van der Waals surface area contributed by atoms with E-state index in [4.69, 9.17) is 4.52 Å². The summed E-state index contributed by atoms with van der Waals surface area (Å²) >= 11 is 0. The zero-order chi connectivity index (χ0) is 19.0. The standard InChI is InChI=1S/C19H27N5O3/c1-19(5-3-4-6-19)16-7-17(22-27-16)21-18(26)24-10-14(12-25)15(11-24)13-8-20-23(2)9-13/h7-9,14-15,25H,3-6,10-12H2,1-2H3,(H,21,22,26)/t14-,15-/m0/s1. The number of aliphatic hydroxyl groups is 1. The highest BCUT2D eigenvalue weighted by molar-refractivity contribution is 5.88. The highest BCUT2D eigenvalue weighted by Gasteiger charge is 2.37. The van der Waals surface area contributed by atoms with E-state index < -0.39 is 0 Å². The molecule has 2 N–H and O–H groups in total. The van der Waals surface area contributed by atoms with Crippen molar-refractivity contribution in [1.29, 1.82) is 0 Å². The summed E-state index contributed by atoms with van der Waals surface area (Å²) < 4.78 is 7.26. The van der Waals surface area contributed by atoms with E-state index in [-0.39, 0.29) is 29.9 Å². The summed E-state index contributed by atoms with van der Waals surface area (Å²) in [4.78, 5) is 14.4. The molecular weight excluding hydrogens is 346 g/mol. The molecule has 1 aliphatic heterocycles. The first-order chi connectivity index (χ1) is 13.0. The monoisotopic (exact) mass is 373 g/mol. The van der Waals surface area contributed by atoms with Crippen molar-refractivity contribution in [3.05, 3.63) is 29.8 Å². The summed E-state index contributed by atoms with van der Waals surface area (Å²) in [6.45, 7) is 3.28. The molecule has 146 valence electrons. The van der Waals surface area contributed by atoms with E-state index in [1.165, 1.54) is 12.8 Å².